The summed E-state index contributed by atoms with van der Waals surface area (Å²) in [4.78, 5) is 54.2. The number of thiophene rings is 1. The number of nitrogens with zero attached hydrogens (tertiary/aromatic N) is 8. The molecule has 4 aromatic heterocycles. The number of esters is 1. The van der Waals surface area contributed by atoms with Gasteiger partial charge in [-0.2, -0.15) is 5.10 Å². The van der Waals surface area contributed by atoms with Crippen LogP contribution in [0.5, 0.6) is 0 Å². The third-order valence-electron chi connectivity index (χ3n) is 12.9. The fraction of sp³-hybridized carbons (Fsp3) is 0.333. The topological polar surface area (TPSA) is 170 Å². The maximum absolute atomic E-state index is 14.4. The van der Waals surface area contributed by atoms with Crippen molar-refractivity contribution < 1.29 is 24.2 Å². The largest absolute Gasteiger partial charge is 0.469 e. The van der Waals surface area contributed by atoms with Crippen LogP contribution in [0.4, 0.5) is 0 Å². The molecule has 0 radical (unpaired) electrons. The van der Waals surface area contributed by atoms with Gasteiger partial charge in [-0.15, -0.1) is 32.9 Å². The van der Waals surface area contributed by atoms with E-state index in [1.165, 1.54) is 16.9 Å². The van der Waals surface area contributed by atoms with E-state index in [-0.39, 0.29) is 49.1 Å². The molecule has 2 aliphatic rings. The van der Waals surface area contributed by atoms with Crippen LogP contribution < -0.4 is 5.32 Å². The molecule has 9 rings (SSSR count). The first-order chi connectivity index (χ1) is 32.2. The molecule has 1 fully saturated rings. The lowest BCUT2D eigenvalue weighted by Crippen LogP contribution is -2.49. The molecule has 14 nitrogen and oxygen atoms in total. The number of methoxy groups -OCH3 is 1. The van der Waals surface area contributed by atoms with Gasteiger partial charge in [-0.1, -0.05) is 86.6 Å². The lowest BCUT2D eigenvalue weighted by Gasteiger charge is -2.30. The standard InChI is InChI=1S/C51H53N9O5S2/c1-27(2)46(50(64)58-25-40(61)21-42(58)49(63)54-29(4)33-9-19-38(20-10-33)47-30(5)52-26-66-47)59-24-39(23-53-59)36-13-11-34(12-14-36)35-15-17-37(18-16-35)45-44-28(3)31(6)67-51(44)60-32(7)56-57-48(60)41(55-45)22-43(62)65-8/h9-20,23-24,26-27,29,40-42,46,61H,21-22,25H2,1-8H3,(H,54,63)/t29-,40+,41-,42-,46+/m0/s1. The van der Waals surface area contributed by atoms with Gasteiger partial charge in [0, 0.05) is 40.7 Å². The van der Waals surface area contributed by atoms with Gasteiger partial charge < -0.3 is 20.1 Å². The highest BCUT2D eigenvalue weighted by Gasteiger charge is 2.43. The molecule has 67 heavy (non-hydrogen) atoms. The van der Waals surface area contributed by atoms with E-state index in [1.54, 1.807) is 33.6 Å². The average molecular weight is 936 g/mol. The Bertz CT molecular complexity index is 3000. The molecule has 0 aliphatic carbocycles. The normalized spacial score (nSPS) is 17.7. The van der Waals surface area contributed by atoms with E-state index in [4.69, 9.17) is 9.73 Å². The Hall–Kier alpha value is -6.62. The molecule has 2 aliphatic heterocycles. The van der Waals surface area contributed by atoms with E-state index in [2.05, 4.69) is 75.8 Å². The van der Waals surface area contributed by atoms with E-state index in [9.17, 15) is 19.5 Å². The number of β-amino-alcohol motifs (C(OH)–C–C–N with tert-alkyl or cyclic N) is 1. The zero-order valence-electron chi connectivity index (χ0n) is 38.7. The molecule has 6 heterocycles. The fourth-order valence-corrected chi connectivity index (χ4v) is 11.2. The van der Waals surface area contributed by atoms with Crippen molar-refractivity contribution in [2.45, 2.75) is 91.6 Å². The summed E-state index contributed by atoms with van der Waals surface area (Å²) in [6.07, 6.45) is 3.00. The third kappa shape index (κ3) is 8.76. The second-order valence-corrected chi connectivity index (χ2v) is 19.8. The van der Waals surface area contributed by atoms with E-state index < -0.39 is 24.2 Å². The number of hydrogen-bond acceptors (Lipinski definition) is 12. The van der Waals surface area contributed by atoms with Gasteiger partial charge in [0.1, 0.15) is 29.0 Å². The van der Waals surface area contributed by atoms with Gasteiger partial charge in [0.25, 0.3) is 0 Å². The highest BCUT2D eigenvalue weighted by Crippen LogP contribution is 2.40. The van der Waals surface area contributed by atoms with Crippen molar-refractivity contribution in [3.63, 3.8) is 0 Å². The second-order valence-electron chi connectivity index (χ2n) is 17.7. The van der Waals surface area contributed by atoms with Gasteiger partial charge in [0.2, 0.25) is 11.8 Å². The summed E-state index contributed by atoms with van der Waals surface area (Å²) >= 11 is 3.26. The van der Waals surface area contributed by atoms with Gasteiger partial charge in [-0.05, 0) is 73.9 Å². The molecule has 0 unspecified atom stereocenters. The minimum absolute atomic E-state index is 0.0379. The Balaban J connectivity index is 0.902. The SMILES string of the molecule is COC(=O)C[C@@H]1N=C(c2ccc(-c3ccc(-c4cnn([C@@H](C(=O)N5C[C@H](O)C[C@H]5C(=O)N[C@@H](C)c5ccc(-c6scnc6C)cc5)C(C)C)c4)cc3)cc2)c2c(sc(C)c2C)-n2c(C)nnc21. The maximum atomic E-state index is 14.4. The molecule has 1 saturated heterocycles. The van der Waals surface area contributed by atoms with Crippen molar-refractivity contribution in [1.82, 2.24) is 39.7 Å². The molecule has 16 heteroatoms. The molecule has 2 amide bonds. The van der Waals surface area contributed by atoms with Crippen LogP contribution in [-0.4, -0.2) is 88.8 Å². The van der Waals surface area contributed by atoms with Crippen molar-refractivity contribution in [1.29, 1.82) is 0 Å². The van der Waals surface area contributed by atoms with Gasteiger partial charge in [0.15, 0.2) is 5.82 Å². The van der Waals surface area contributed by atoms with Gasteiger partial charge >= 0.3 is 5.97 Å². The number of aliphatic hydroxyl groups excluding tert-OH is 1. The van der Waals surface area contributed by atoms with Crippen molar-refractivity contribution in [3.05, 3.63) is 135 Å². The molecular weight excluding hydrogens is 883 g/mol. The van der Waals surface area contributed by atoms with E-state index in [0.29, 0.717) is 5.82 Å². The fourth-order valence-electron chi connectivity index (χ4n) is 9.16. The number of aliphatic hydroxyl groups is 1. The molecule has 0 saturated carbocycles. The zero-order chi connectivity index (χ0) is 47.3. The summed E-state index contributed by atoms with van der Waals surface area (Å²) in [7, 11) is 1.38. The number of likely N-dealkylation sites (tertiary alicyclic amines) is 1. The smallest absolute Gasteiger partial charge is 0.308 e. The minimum atomic E-state index is -0.820. The van der Waals surface area contributed by atoms with Crippen LogP contribution in [-0.2, 0) is 19.1 Å². The Morgan fingerprint density at radius 1 is 0.866 bits per heavy atom. The summed E-state index contributed by atoms with van der Waals surface area (Å²) < 4.78 is 8.76. The van der Waals surface area contributed by atoms with E-state index >= 15 is 0 Å². The first-order valence-corrected chi connectivity index (χ1v) is 24.1. The van der Waals surface area contributed by atoms with Crippen LogP contribution in [0.25, 0.3) is 37.7 Å². The van der Waals surface area contributed by atoms with Crippen LogP contribution in [0.1, 0.15) is 96.2 Å². The highest BCUT2D eigenvalue weighted by atomic mass is 32.1. The Kier molecular flexibility index (Phi) is 12.6. The summed E-state index contributed by atoms with van der Waals surface area (Å²) in [5.74, 6) is 0.252. The predicted molar refractivity (Wildman–Crippen MR) is 260 cm³/mol. The van der Waals surface area contributed by atoms with Crippen LogP contribution in [0.3, 0.4) is 0 Å². The quantitative estimate of drug-likeness (QED) is 0.114. The number of nitrogens with one attached hydrogen (secondary N) is 1. The number of ether oxygens (including phenoxy) is 1. The van der Waals surface area contributed by atoms with Crippen LogP contribution in [0, 0.1) is 33.6 Å². The zero-order valence-corrected chi connectivity index (χ0v) is 40.4. The molecule has 0 spiro atoms. The molecular formula is C51H53N9O5S2. The predicted octanol–water partition coefficient (Wildman–Crippen LogP) is 8.71. The summed E-state index contributed by atoms with van der Waals surface area (Å²) in [5, 5.41) is 28.4. The number of aliphatic imine (C=N–C) groups is 1. The lowest BCUT2D eigenvalue weighted by molar-refractivity contribution is -0.142. The van der Waals surface area contributed by atoms with E-state index in [1.807, 2.05) is 87.3 Å². The number of aromatic nitrogens is 6. The Morgan fingerprint density at radius 2 is 1.51 bits per heavy atom. The number of carbonyl (C=O) groups is 3. The number of amides is 2. The first kappa shape index (κ1) is 45.5. The molecule has 0 bridgehead atoms. The summed E-state index contributed by atoms with van der Waals surface area (Å²) in [5.41, 5.74) is 12.5. The second kappa shape index (κ2) is 18.6. The Morgan fingerprint density at radius 3 is 2.13 bits per heavy atom. The molecule has 344 valence electrons. The average Bonchev–Trinajstić information content (AvgIpc) is 4.17. The van der Waals surface area contributed by atoms with Crippen LogP contribution in [0.2, 0.25) is 0 Å². The molecule has 7 aromatic rings. The van der Waals surface area contributed by atoms with Gasteiger partial charge in [0.05, 0.1) is 53.7 Å². The van der Waals surface area contributed by atoms with E-state index in [0.717, 1.165) is 77.2 Å². The van der Waals surface area contributed by atoms with Gasteiger partial charge in [-0.25, -0.2) is 4.98 Å². The number of thiazole rings is 1. The molecule has 5 atom stereocenters. The summed E-state index contributed by atoms with van der Waals surface area (Å²) in [6.45, 7) is 14.0. The van der Waals surface area contributed by atoms with Crippen molar-refractivity contribution in [3.8, 4) is 37.7 Å². The maximum Gasteiger partial charge on any atom is 0.308 e. The number of benzene rings is 3. The molecule has 2 N–H and O–H groups in total. The monoisotopic (exact) mass is 935 g/mol. The van der Waals surface area contributed by atoms with Crippen LogP contribution >= 0.6 is 22.7 Å². The summed E-state index contributed by atoms with van der Waals surface area (Å²) in [6, 6.07) is 22.2. The highest BCUT2D eigenvalue weighted by molar-refractivity contribution is 7.15. The van der Waals surface area contributed by atoms with Crippen LogP contribution in [0.15, 0.2) is 95.7 Å². The number of carbonyl (C=O) groups excluding carboxylic acids is 3. The number of rotatable bonds is 12. The number of hydrogen-bond donors (Lipinski definition) is 2. The number of aryl methyl sites for hydroxylation is 3. The van der Waals surface area contributed by atoms with Crippen molar-refractivity contribution in [2.75, 3.05) is 13.7 Å². The number of fused-ring (bicyclic) bond motifs is 3. The lowest BCUT2D eigenvalue weighted by atomic mass is 9.96. The Labute approximate surface area is 397 Å². The van der Waals surface area contributed by atoms with Crippen molar-refractivity contribution in [2.24, 2.45) is 10.9 Å². The van der Waals surface area contributed by atoms with Crippen molar-refractivity contribution >= 4 is 46.2 Å². The molecule has 3 aromatic carbocycles. The first-order valence-electron chi connectivity index (χ1n) is 22.4. The third-order valence-corrected chi connectivity index (χ3v) is 15.1. The minimum Gasteiger partial charge on any atom is -0.469 e. The van der Waals surface area contributed by atoms with Gasteiger partial charge in [-0.3, -0.25) is 28.6 Å².